The minimum atomic E-state index is -0.161. The maximum atomic E-state index is 12.0. The number of hydrogen-bond acceptors (Lipinski definition) is 3. The van der Waals surface area contributed by atoms with Gasteiger partial charge in [-0.3, -0.25) is 4.90 Å². The number of ether oxygens (including phenoxy) is 2. The van der Waals surface area contributed by atoms with Crippen molar-refractivity contribution in [2.45, 2.75) is 6.92 Å². The lowest BCUT2D eigenvalue weighted by atomic mass is 10.3. The summed E-state index contributed by atoms with van der Waals surface area (Å²) >= 11 is 0. The Morgan fingerprint density at radius 1 is 1.00 bits per heavy atom. The van der Waals surface area contributed by atoms with Crippen molar-refractivity contribution in [3.63, 3.8) is 0 Å². The molecule has 5 nitrogen and oxygen atoms in total. The van der Waals surface area contributed by atoms with E-state index in [0.29, 0.717) is 19.8 Å². The molecule has 122 valence electrons. The van der Waals surface area contributed by atoms with Crippen molar-refractivity contribution in [3.05, 3.63) is 54.6 Å². The first-order chi connectivity index (χ1) is 11.2. The highest BCUT2D eigenvalue weighted by molar-refractivity contribution is 5.91. The third-order valence-electron chi connectivity index (χ3n) is 3.23. The Morgan fingerprint density at radius 3 is 2.22 bits per heavy atom. The quantitative estimate of drug-likeness (QED) is 0.798. The molecule has 1 N–H and O–H groups in total. The van der Waals surface area contributed by atoms with E-state index in [4.69, 9.17) is 9.47 Å². The van der Waals surface area contributed by atoms with E-state index in [-0.39, 0.29) is 6.03 Å². The number of carbonyl (C=O) groups excluding carboxylic acids is 1. The predicted octanol–water partition coefficient (Wildman–Crippen LogP) is 3.31. The maximum absolute atomic E-state index is 12.0. The molecule has 0 aliphatic heterocycles. The van der Waals surface area contributed by atoms with Crippen molar-refractivity contribution >= 4 is 11.7 Å². The van der Waals surface area contributed by atoms with Crippen LogP contribution in [0.15, 0.2) is 54.6 Å². The zero-order chi connectivity index (χ0) is 16.5. The van der Waals surface area contributed by atoms with E-state index in [1.54, 1.807) is 11.9 Å². The number of amides is 2. The van der Waals surface area contributed by atoms with Crippen LogP contribution in [0.4, 0.5) is 10.5 Å². The molecule has 23 heavy (non-hydrogen) atoms. The lowest BCUT2D eigenvalue weighted by Crippen LogP contribution is -2.39. The molecule has 0 aliphatic rings. The third kappa shape index (κ3) is 5.21. The van der Waals surface area contributed by atoms with Gasteiger partial charge in [-0.05, 0) is 43.3 Å². The van der Waals surface area contributed by atoms with Crippen molar-refractivity contribution in [3.8, 4) is 11.5 Å². The summed E-state index contributed by atoms with van der Waals surface area (Å²) in [6, 6.07) is 16.7. The van der Waals surface area contributed by atoms with Crippen molar-refractivity contribution in [2.75, 3.05) is 31.7 Å². The first kappa shape index (κ1) is 16.7. The standard InChI is InChI=1S/C18H22N2O3/c1-3-22-16-9-11-17(12-10-16)23-14-13-19-18(21)20(2)15-7-5-4-6-8-15/h4-12H,3,13-14H2,1-2H3,(H,19,21). The summed E-state index contributed by atoms with van der Waals surface area (Å²) in [5.74, 6) is 1.57. The van der Waals surface area contributed by atoms with E-state index in [1.807, 2.05) is 61.5 Å². The van der Waals surface area contributed by atoms with E-state index in [9.17, 15) is 4.79 Å². The molecule has 0 unspecified atom stereocenters. The first-order valence-corrected chi connectivity index (χ1v) is 7.63. The van der Waals surface area contributed by atoms with E-state index in [2.05, 4.69) is 5.32 Å². The molecule has 0 saturated heterocycles. The molecule has 0 spiro atoms. The van der Waals surface area contributed by atoms with E-state index >= 15 is 0 Å². The van der Waals surface area contributed by atoms with Crippen LogP contribution in [0.1, 0.15) is 6.92 Å². The summed E-state index contributed by atoms with van der Waals surface area (Å²) in [6.07, 6.45) is 0. The Morgan fingerprint density at radius 2 is 1.61 bits per heavy atom. The second kappa shape index (κ2) is 8.68. The monoisotopic (exact) mass is 314 g/mol. The molecule has 0 aromatic heterocycles. The highest BCUT2D eigenvalue weighted by Crippen LogP contribution is 2.17. The minimum absolute atomic E-state index is 0.161. The number of anilines is 1. The summed E-state index contributed by atoms with van der Waals surface area (Å²) in [5.41, 5.74) is 0.845. The fourth-order valence-electron chi connectivity index (χ4n) is 2.01. The Hall–Kier alpha value is -2.69. The molecule has 0 bridgehead atoms. The smallest absolute Gasteiger partial charge is 0.321 e. The van der Waals surface area contributed by atoms with Crippen LogP contribution in [0.3, 0.4) is 0 Å². The molecule has 2 aromatic rings. The third-order valence-corrected chi connectivity index (χ3v) is 3.23. The van der Waals surface area contributed by atoms with E-state index < -0.39 is 0 Å². The Labute approximate surface area is 136 Å². The molecule has 0 fully saturated rings. The number of para-hydroxylation sites is 1. The summed E-state index contributed by atoms with van der Waals surface area (Å²) in [7, 11) is 1.73. The maximum Gasteiger partial charge on any atom is 0.321 e. The van der Waals surface area contributed by atoms with Crippen LogP contribution in [0.25, 0.3) is 0 Å². The van der Waals surface area contributed by atoms with Gasteiger partial charge in [-0.15, -0.1) is 0 Å². The second-order valence-corrected chi connectivity index (χ2v) is 4.88. The zero-order valence-corrected chi connectivity index (χ0v) is 13.5. The topological polar surface area (TPSA) is 50.8 Å². The Kier molecular flexibility index (Phi) is 6.29. The first-order valence-electron chi connectivity index (χ1n) is 7.63. The summed E-state index contributed by atoms with van der Waals surface area (Å²) in [6.45, 7) is 3.42. The van der Waals surface area contributed by atoms with Crippen LogP contribution in [-0.2, 0) is 0 Å². The highest BCUT2D eigenvalue weighted by atomic mass is 16.5. The summed E-state index contributed by atoms with van der Waals surface area (Å²) < 4.78 is 11.0. The summed E-state index contributed by atoms with van der Waals surface area (Å²) in [4.78, 5) is 13.6. The van der Waals surface area contributed by atoms with Crippen molar-refractivity contribution in [2.24, 2.45) is 0 Å². The van der Waals surface area contributed by atoms with Gasteiger partial charge in [0.15, 0.2) is 0 Å². The largest absolute Gasteiger partial charge is 0.494 e. The van der Waals surface area contributed by atoms with Crippen molar-refractivity contribution in [1.29, 1.82) is 0 Å². The number of hydrogen-bond donors (Lipinski definition) is 1. The molecule has 2 amide bonds. The number of urea groups is 1. The lowest BCUT2D eigenvalue weighted by Gasteiger charge is -2.18. The molecule has 2 rings (SSSR count). The molecule has 2 aromatic carbocycles. The zero-order valence-electron chi connectivity index (χ0n) is 13.5. The van der Waals surface area contributed by atoms with Crippen molar-refractivity contribution in [1.82, 2.24) is 5.32 Å². The second-order valence-electron chi connectivity index (χ2n) is 4.88. The van der Waals surface area contributed by atoms with Gasteiger partial charge in [0.2, 0.25) is 0 Å². The van der Waals surface area contributed by atoms with Crippen molar-refractivity contribution < 1.29 is 14.3 Å². The number of nitrogens with one attached hydrogen (secondary N) is 1. The molecule has 0 radical (unpaired) electrons. The van der Waals surface area contributed by atoms with Gasteiger partial charge >= 0.3 is 6.03 Å². The minimum Gasteiger partial charge on any atom is -0.494 e. The van der Waals surface area contributed by atoms with E-state index in [1.165, 1.54) is 0 Å². The van der Waals surface area contributed by atoms with Crippen LogP contribution < -0.4 is 19.7 Å². The fourth-order valence-corrected chi connectivity index (χ4v) is 2.01. The molecule has 0 atom stereocenters. The van der Waals surface area contributed by atoms with Crippen LogP contribution >= 0.6 is 0 Å². The molecule has 0 aliphatic carbocycles. The number of carbonyl (C=O) groups is 1. The molecule has 0 heterocycles. The molecule has 5 heteroatoms. The van der Waals surface area contributed by atoms with E-state index in [0.717, 1.165) is 17.2 Å². The van der Waals surface area contributed by atoms with Gasteiger partial charge in [0.25, 0.3) is 0 Å². The van der Waals surface area contributed by atoms with Crippen LogP contribution in [0.2, 0.25) is 0 Å². The van der Waals surface area contributed by atoms with Gasteiger partial charge in [0.05, 0.1) is 13.2 Å². The predicted molar refractivity (Wildman–Crippen MR) is 91.3 cm³/mol. The highest BCUT2D eigenvalue weighted by Gasteiger charge is 2.09. The normalized spacial score (nSPS) is 10.0. The fraction of sp³-hybridized carbons (Fsp3) is 0.278. The Balaban J connectivity index is 1.71. The van der Waals surface area contributed by atoms with Gasteiger partial charge in [0.1, 0.15) is 18.1 Å². The van der Waals surface area contributed by atoms with Gasteiger partial charge in [-0.25, -0.2) is 4.79 Å². The SMILES string of the molecule is CCOc1ccc(OCCNC(=O)N(C)c2ccccc2)cc1. The Bertz CT molecular complexity index is 599. The average Bonchev–Trinajstić information content (AvgIpc) is 2.60. The van der Waals surface area contributed by atoms with Crippen LogP contribution in [0.5, 0.6) is 11.5 Å². The van der Waals surface area contributed by atoms with Gasteiger partial charge in [-0.2, -0.15) is 0 Å². The van der Waals surface area contributed by atoms with Gasteiger partial charge in [-0.1, -0.05) is 18.2 Å². The lowest BCUT2D eigenvalue weighted by molar-refractivity contribution is 0.243. The van der Waals surface area contributed by atoms with Crippen LogP contribution in [0, 0.1) is 0 Å². The summed E-state index contributed by atoms with van der Waals surface area (Å²) in [5, 5.41) is 2.82. The van der Waals surface area contributed by atoms with Gasteiger partial charge < -0.3 is 14.8 Å². The van der Waals surface area contributed by atoms with Crippen LogP contribution in [-0.4, -0.2) is 32.8 Å². The van der Waals surface area contributed by atoms with Gasteiger partial charge in [0, 0.05) is 12.7 Å². The number of rotatable bonds is 7. The number of nitrogens with zero attached hydrogens (tertiary/aromatic N) is 1. The molecule has 0 saturated carbocycles. The molecular weight excluding hydrogens is 292 g/mol. The molecular formula is C18H22N2O3. The average molecular weight is 314 g/mol. The number of benzene rings is 2.